The molecule has 0 fully saturated rings. The van der Waals surface area contributed by atoms with Gasteiger partial charge in [-0.05, 0) is 38.2 Å². The molecule has 1 aromatic rings. The maximum absolute atomic E-state index is 6.07. The molecule has 0 atom stereocenters. The smallest absolute Gasteiger partial charge is 0.0475 e. The van der Waals surface area contributed by atoms with E-state index in [1.165, 1.54) is 0 Å². The van der Waals surface area contributed by atoms with Crippen LogP contribution in [0.2, 0.25) is 10.0 Å². The summed E-state index contributed by atoms with van der Waals surface area (Å²) in [4.78, 5) is 2.20. The second kappa shape index (κ2) is 6.33. The van der Waals surface area contributed by atoms with Crippen molar-refractivity contribution in [1.82, 2.24) is 10.2 Å². The van der Waals surface area contributed by atoms with Crippen molar-refractivity contribution in [2.24, 2.45) is 0 Å². The maximum atomic E-state index is 6.07. The summed E-state index contributed by atoms with van der Waals surface area (Å²) in [5.41, 5.74) is 1.14. The predicted molar refractivity (Wildman–Crippen MR) is 66.7 cm³/mol. The van der Waals surface area contributed by atoms with Crippen molar-refractivity contribution in [2.45, 2.75) is 6.42 Å². The number of likely N-dealkylation sites (N-methyl/N-ethyl adjacent to an activating group) is 1. The molecule has 0 unspecified atom stereocenters. The van der Waals surface area contributed by atoms with Crippen LogP contribution in [0.1, 0.15) is 5.56 Å². The Hall–Kier alpha value is -0.280. The standard InChI is InChI=1S/C11H16Cl2N2/c1-14-8-15(2)6-5-9-3-4-10(12)7-11(9)13/h3-4,7,14H,5-6,8H2,1-2H3. The van der Waals surface area contributed by atoms with E-state index in [1.54, 1.807) is 6.07 Å². The molecule has 0 saturated heterocycles. The molecule has 0 saturated carbocycles. The molecule has 0 aliphatic heterocycles. The number of hydrogen-bond acceptors (Lipinski definition) is 2. The number of rotatable bonds is 5. The van der Waals surface area contributed by atoms with Gasteiger partial charge in [0.25, 0.3) is 0 Å². The Morgan fingerprint density at radius 2 is 2.07 bits per heavy atom. The molecule has 0 bridgehead atoms. The first kappa shape index (κ1) is 12.8. The molecule has 0 aromatic heterocycles. The number of hydrogen-bond donors (Lipinski definition) is 1. The van der Waals surface area contributed by atoms with E-state index < -0.39 is 0 Å². The van der Waals surface area contributed by atoms with Crippen molar-refractivity contribution < 1.29 is 0 Å². The predicted octanol–water partition coefficient (Wildman–Crippen LogP) is 2.64. The van der Waals surface area contributed by atoms with Gasteiger partial charge in [-0.3, -0.25) is 4.90 Å². The molecule has 15 heavy (non-hydrogen) atoms. The molecule has 1 aromatic carbocycles. The van der Waals surface area contributed by atoms with Crippen LogP contribution >= 0.6 is 23.2 Å². The molecule has 1 N–H and O–H groups in total. The minimum Gasteiger partial charge on any atom is -0.307 e. The summed E-state index contributed by atoms with van der Waals surface area (Å²) in [7, 11) is 4.01. The highest BCUT2D eigenvalue weighted by molar-refractivity contribution is 6.35. The van der Waals surface area contributed by atoms with E-state index >= 15 is 0 Å². The summed E-state index contributed by atoms with van der Waals surface area (Å²) in [6.07, 6.45) is 0.939. The first-order valence-corrected chi connectivity index (χ1v) is 5.66. The number of benzene rings is 1. The van der Waals surface area contributed by atoms with Crippen LogP contribution in [0.5, 0.6) is 0 Å². The molecule has 2 nitrogen and oxygen atoms in total. The van der Waals surface area contributed by atoms with Crippen LogP contribution in [-0.2, 0) is 6.42 Å². The largest absolute Gasteiger partial charge is 0.307 e. The average molecular weight is 247 g/mol. The van der Waals surface area contributed by atoms with E-state index in [2.05, 4.69) is 17.3 Å². The third-order valence-electron chi connectivity index (χ3n) is 2.21. The molecule has 84 valence electrons. The van der Waals surface area contributed by atoms with Crippen LogP contribution < -0.4 is 5.32 Å². The summed E-state index contributed by atoms with van der Waals surface area (Å²) in [5, 5.41) is 4.54. The Morgan fingerprint density at radius 1 is 1.33 bits per heavy atom. The highest BCUT2D eigenvalue weighted by Crippen LogP contribution is 2.21. The Bertz CT molecular complexity index is 315. The van der Waals surface area contributed by atoms with Gasteiger partial charge < -0.3 is 5.32 Å². The Balaban J connectivity index is 2.50. The van der Waals surface area contributed by atoms with Crippen molar-refractivity contribution in [3.8, 4) is 0 Å². The first-order valence-electron chi connectivity index (χ1n) is 4.90. The normalized spacial score (nSPS) is 11.0. The zero-order valence-electron chi connectivity index (χ0n) is 9.06. The number of halogens is 2. The van der Waals surface area contributed by atoms with E-state index in [0.717, 1.165) is 30.2 Å². The fourth-order valence-corrected chi connectivity index (χ4v) is 1.89. The van der Waals surface area contributed by atoms with Gasteiger partial charge in [0.2, 0.25) is 0 Å². The van der Waals surface area contributed by atoms with Gasteiger partial charge >= 0.3 is 0 Å². The van der Waals surface area contributed by atoms with Crippen LogP contribution in [0.25, 0.3) is 0 Å². The lowest BCUT2D eigenvalue weighted by atomic mass is 10.1. The number of nitrogens with one attached hydrogen (secondary N) is 1. The summed E-state index contributed by atoms with van der Waals surface area (Å²) >= 11 is 11.9. The van der Waals surface area contributed by atoms with Crippen molar-refractivity contribution in [3.63, 3.8) is 0 Å². The van der Waals surface area contributed by atoms with Gasteiger partial charge in [0.1, 0.15) is 0 Å². The molecule has 0 aliphatic rings. The first-order chi connectivity index (χ1) is 7.13. The summed E-state index contributed by atoms with van der Waals surface area (Å²) < 4.78 is 0. The topological polar surface area (TPSA) is 15.3 Å². The second-order valence-electron chi connectivity index (χ2n) is 3.58. The zero-order valence-corrected chi connectivity index (χ0v) is 10.6. The van der Waals surface area contributed by atoms with Gasteiger partial charge in [0.15, 0.2) is 0 Å². The average Bonchev–Trinajstić information content (AvgIpc) is 2.17. The maximum Gasteiger partial charge on any atom is 0.0475 e. The lowest BCUT2D eigenvalue weighted by molar-refractivity contribution is 0.321. The van der Waals surface area contributed by atoms with Crippen molar-refractivity contribution in [2.75, 3.05) is 27.3 Å². The van der Waals surface area contributed by atoms with Gasteiger partial charge in [-0.15, -0.1) is 0 Å². The summed E-state index contributed by atoms with van der Waals surface area (Å²) in [6, 6.07) is 5.65. The zero-order chi connectivity index (χ0) is 11.3. The van der Waals surface area contributed by atoms with Gasteiger partial charge in [0.05, 0.1) is 0 Å². The Morgan fingerprint density at radius 3 is 2.67 bits per heavy atom. The van der Waals surface area contributed by atoms with E-state index in [1.807, 2.05) is 19.2 Å². The van der Waals surface area contributed by atoms with E-state index in [0.29, 0.717) is 5.02 Å². The fraction of sp³-hybridized carbons (Fsp3) is 0.455. The summed E-state index contributed by atoms with van der Waals surface area (Å²) in [5.74, 6) is 0. The fourth-order valence-electron chi connectivity index (χ4n) is 1.38. The monoisotopic (exact) mass is 246 g/mol. The minimum absolute atomic E-state index is 0.687. The molecule has 4 heteroatoms. The molecule has 0 amide bonds. The molecule has 0 spiro atoms. The third-order valence-corrected chi connectivity index (χ3v) is 2.79. The van der Waals surface area contributed by atoms with E-state index in [4.69, 9.17) is 23.2 Å². The van der Waals surface area contributed by atoms with Crippen LogP contribution in [-0.4, -0.2) is 32.2 Å². The van der Waals surface area contributed by atoms with Gasteiger partial charge in [-0.25, -0.2) is 0 Å². The Kier molecular flexibility index (Phi) is 5.40. The van der Waals surface area contributed by atoms with Crippen LogP contribution in [0, 0.1) is 0 Å². The lowest BCUT2D eigenvalue weighted by Gasteiger charge is -2.16. The van der Waals surface area contributed by atoms with Gasteiger partial charge in [-0.2, -0.15) is 0 Å². The van der Waals surface area contributed by atoms with Crippen molar-refractivity contribution >= 4 is 23.2 Å². The molecule has 0 radical (unpaired) electrons. The molecule has 0 heterocycles. The van der Waals surface area contributed by atoms with Crippen molar-refractivity contribution in [3.05, 3.63) is 33.8 Å². The van der Waals surface area contributed by atoms with Gasteiger partial charge in [0, 0.05) is 23.3 Å². The van der Waals surface area contributed by atoms with E-state index in [-0.39, 0.29) is 0 Å². The quantitative estimate of drug-likeness (QED) is 0.804. The van der Waals surface area contributed by atoms with Gasteiger partial charge in [-0.1, -0.05) is 29.3 Å². The SMILES string of the molecule is CNCN(C)CCc1ccc(Cl)cc1Cl. The lowest BCUT2D eigenvalue weighted by Crippen LogP contribution is -2.30. The molecule has 0 aliphatic carbocycles. The highest BCUT2D eigenvalue weighted by atomic mass is 35.5. The minimum atomic E-state index is 0.687. The Labute approximate surface area is 101 Å². The molecular formula is C11H16Cl2N2. The highest BCUT2D eigenvalue weighted by Gasteiger charge is 2.03. The molecule has 1 rings (SSSR count). The number of nitrogens with zero attached hydrogens (tertiary/aromatic N) is 1. The van der Waals surface area contributed by atoms with Crippen molar-refractivity contribution in [1.29, 1.82) is 0 Å². The van der Waals surface area contributed by atoms with Crippen LogP contribution in [0.3, 0.4) is 0 Å². The van der Waals surface area contributed by atoms with Crippen LogP contribution in [0.15, 0.2) is 18.2 Å². The molecular weight excluding hydrogens is 231 g/mol. The van der Waals surface area contributed by atoms with E-state index in [9.17, 15) is 0 Å². The third kappa shape index (κ3) is 4.39. The van der Waals surface area contributed by atoms with Crippen LogP contribution in [0.4, 0.5) is 0 Å². The second-order valence-corrected chi connectivity index (χ2v) is 4.42. The summed E-state index contributed by atoms with van der Waals surface area (Å²) in [6.45, 7) is 1.85.